The normalized spacial score (nSPS) is 19.1. The maximum atomic E-state index is 14.3. The first kappa shape index (κ1) is 56.5. The van der Waals surface area contributed by atoms with Crippen LogP contribution in [-0.2, 0) is 55.4 Å². The number of amides is 8. The number of urea groups is 1. The van der Waals surface area contributed by atoms with Gasteiger partial charge in [-0.05, 0) is 55.8 Å². The molecule has 0 saturated carbocycles. The molecule has 4 heterocycles. The predicted octanol–water partition coefficient (Wildman–Crippen LogP) is 2.90. The number of likely N-dealkylation sites (N-methyl/N-ethyl adjacent to an activating group) is 1. The molecule has 1 aromatic heterocycles. The van der Waals surface area contributed by atoms with Crippen LogP contribution in [0.2, 0.25) is 0 Å². The number of hydrogen-bond acceptors (Lipinski definition) is 17. The Morgan fingerprint density at radius 2 is 1.58 bits per heavy atom. The van der Waals surface area contributed by atoms with E-state index in [0.29, 0.717) is 15.6 Å². The molecular weight excluding hydrogens is 1010 g/mol. The van der Waals surface area contributed by atoms with Crippen molar-refractivity contribution in [3.8, 4) is 0 Å². The van der Waals surface area contributed by atoms with Crippen LogP contribution in [0, 0.1) is 0 Å². The van der Waals surface area contributed by atoms with Gasteiger partial charge in [-0.3, -0.25) is 34.7 Å². The number of β-lactam (4-membered cyclic amide) rings is 1. The molecule has 4 atom stereocenters. The summed E-state index contributed by atoms with van der Waals surface area (Å²) in [6.45, 7) is 4.96. The number of anilines is 2. The second-order valence-corrected chi connectivity index (χ2v) is 19.9. The number of rotatable bonds is 16. The summed E-state index contributed by atoms with van der Waals surface area (Å²) in [5.41, 5.74) is -1.81. The van der Waals surface area contributed by atoms with Crippen molar-refractivity contribution in [1.29, 1.82) is 0 Å². The van der Waals surface area contributed by atoms with Gasteiger partial charge in [-0.15, -0.1) is 16.9 Å². The first-order chi connectivity index (χ1) is 34.7. The van der Waals surface area contributed by atoms with Crippen LogP contribution in [0.25, 0.3) is 0 Å². The van der Waals surface area contributed by atoms with Gasteiger partial charge in [0.1, 0.15) is 35.5 Å². The van der Waals surface area contributed by atoms with Crippen molar-refractivity contribution in [2.75, 3.05) is 56.3 Å². The fraction of sp³-hybridized carbons (Fsp3) is 0.362. The average molecular weight is 1070 g/mol. The zero-order valence-electron chi connectivity index (χ0n) is 40.4. The fourth-order valence-corrected chi connectivity index (χ4v) is 11.0. The van der Waals surface area contributed by atoms with Crippen molar-refractivity contribution in [2.45, 2.75) is 61.0 Å². The number of quaternary nitrogens is 1. The number of nitrogens with zero attached hydrogens (tertiary/aromatic N) is 7. The fourth-order valence-electron chi connectivity index (χ4n) is 8.54. The number of carbonyl (C=O) groups is 9. The maximum absolute atomic E-state index is 14.3. The zero-order chi connectivity index (χ0) is 52.8. The minimum atomic E-state index is -1.86. The number of carboxylic acids is 1. The number of piperazine rings is 1. The van der Waals surface area contributed by atoms with Crippen LogP contribution < -0.4 is 25.8 Å². The van der Waals surface area contributed by atoms with Gasteiger partial charge in [0.15, 0.2) is 11.1 Å². The Labute approximate surface area is 454 Å². The summed E-state index contributed by atoms with van der Waals surface area (Å²) in [7, 11) is 2.76. The second-order valence-electron chi connectivity index (χ2n) is 17.6. The molecule has 8 amide bonds. The Morgan fingerprint density at radius 3 is 2.22 bits per heavy atom. The van der Waals surface area contributed by atoms with Gasteiger partial charge in [0.05, 0.1) is 38.5 Å². The van der Waals surface area contributed by atoms with Gasteiger partial charge >= 0.3 is 71.5 Å². The molecule has 4 aromatic rings. The van der Waals surface area contributed by atoms with Gasteiger partial charge < -0.3 is 30.0 Å². The molecule has 2 fully saturated rings. The quantitative estimate of drug-likeness (QED) is 0.0205. The molecule has 0 spiro atoms. The van der Waals surface area contributed by atoms with E-state index in [-0.39, 0.29) is 95.3 Å². The van der Waals surface area contributed by atoms with E-state index in [1.165, 1.54) is 23.9 Å². The number of para-hydroxylation sites is 3. The van der Waals surface area contributed by atoms with E-state index in [1.807, 2.05) is 0 Å². The summed E-state index contributed by atoms with van der Waals surface area (Å²) in [6, 6.07) is 19.9. The number of aromatic nitrogens is 4. The Morgan fingerprint density at radius 1 is 0.919 bits per heavy atom. The van der Waals surface area contributed by atoms with Gasteiger partial charge in [0.2, 0.25) is 17.0 Å². The molecular formula is C47H53N11NaO13S2+. The molecule has 3 aliphatic rings. The SMILES string of the molecule is CC[N+]1(c2ccccc2NC(=O)OCC(C(=O)OC)(c2ccccc2)c2ccccc2NC(=O)OC(C)(C)C)CCN(C(=O)NCC(=O)N[C@H]2S[C@H]3CC(=O)N3C(C(=O)O)=C2CSc2nnnn2C)C(=O)C1=O.[NaH]. The number of tetrazole rings is 1. The second kappa shape index (κ2) is 23.6. The van der Waals surface area contributed by atoms with E-state index in [1.54, 1.807) is 101 Å². The number of imide groups is 1. The molecule has 24 nitrogen and oxygen atoms in total. The molecule has 386 valence electrons. The summed E-state index contributed by atoms with van der Waals surface area (Å²) in [5.74, 6) is -5.59. The van der Waals surface area contributed by atoms with Crippen LogP contribution >= 0.6 is 23.5 Å². The van der Waals surface area contributed by atoms with Gasteiger partial charge in [0.25, 0.3) is 0 Å². The molecule has 3 aliphatic heterocycles. The van der Waals surface area contributed by atoms with E-state index in [4.69, 9.17) is 14.2 Å². The van der Waals surface area contributed by atoms with E-state index < -0.39 is 93.2 Å². The number of nitrogens with one attached hydrogen (secondary N) is 4. The third-order valence-electron chi connectivity index (χ3n) is 12.0. The number of aryl methyl sites for hydroxylation is 1. The Hall–Kier alpha value is -6.84. The molecule has 0 bridgehead atoms. The van der Waals surface area contributed by atoms with Crippen LogP contribution in [0.5, 0.6) is 0 Å². The molecule has 2 unspecified atom stereocenters. The van der Waals surface area contributed by atoms with Crippen LogP contribution in [-0.4, -0.2) is 180 Å². The summed E-state index contributed by atoms with van der Waals surface area (Å²) in [5, 5.41) is 30.7. The van der Waals surface area contributed by atoms with Crippen molar-refractivity contribution in [2.24, 2.45) is 7.05 Å². The van der Waals surface area contributed by atoms with Gasteiger partial charge in [-0.25, -0.2) is 38.0 Å². The van der Waals surface area contributed by atoms with E-state index in [9.17, 15) is 48.3 Å². The summed E-state index contributed by atoms with van der Waals surface area (Å²) in [6.07, 6.45) is -1.82. The van der Waals surface area contributed by atoms with Gasteiger partial charge in [0, 0.05) is 35.7 Å². The number of fused-ring (bicyclic) bond motifs is 1. The Balaban J connectivity index is 0.00000892. The number of methoxy groups -OCH3 is 1. The number of thioether (sulfide) groups is 2. The van der Waals surface area contributed by atoms with Gasteiger partial charge in [-0.2, -0.15) is 0 Å². The van der Waals surface area contributed by atoms with Gasteiger partial charge in [-0.1, -0.05) is 72.4 Å². The van der Waals surface area contributed by atoms with E-state index in [0.717, 1.165) is 28.4 Å². The Kier molecular flexibility index (Phi) is 18.0. The summed E-state index contributed by atoms with van der Waals surface area (Å²) in [4.78, 5) is 123. The third-order valence-corrected chi connectivity index (χ3v) is 14.5. The van der Waals surface area contributed by atoms with E-state index >= 15 is 0 Å². The van der Waals surface area contributed by atoms with Crippen molar-refractivity contribution < 1.29 is 62.5 Å². The molecule has 5 N–H and O–H groups in total. The van der Waals surface area contributed by atoms with Crippen LogP contribution in [0.1, 0.15) is 45.2 Å². The van der Waals surface area contributed by atoms with Crippen molar-refractivity contribution >= 4 is 124 Å². The molecule has 0 aliphatic carbocycles. The number of esters is 1. The molecule has 0 radical (unpaired) electrons. The molecule has 2 saturated heterocycles. The summed E-state index contributed by atoms with van der Waals surface area (Å²) >= 11 is 2.23. The number of ether oxygens (including phenoxy) is 3. The predicted molar refractivity (Wildman–Crippen MR) is 270 cm³/mol. The third kappa shape index (κ3) is 11.7. The molecule has 3 aromatic carbocycles. The first-order valence-electron chi connectivity index (χ1n) is 22.6. The number of aliphatic carboxylic acids is 1. The van der Waals surface area contributed by atoms with Crippen LogP contribution in [0.15, 0.2) is 95.3 Å². The first-order valence-corrected chi connectivity index (χ1v) is 24.5. The molecule has 74 heavy (non-hydrogen) atoms. The number of carbonyl (C=O) groups excluding carboxylic acids is 8. The number of carboxylic acid groups (broad SMARTS) is 1. The average Bonchev–Trinajstić information content (AvgIpc) is 3.77. The summed E-state index contributed by atoms with van der Waals surface area (Å²) < 4.78 is 17.4. The molecule has 7 rings (SSSR count). The van der Waals surface area contributed by atoms with Crippen molar-refractivity contribution in [1.82, 2.24) is 45.1 Å². The van der Waals surface area contributed by atoms with Crippen LogP contribution in [0.4, 0.5) is 31.4 Å². The monoisotopic (exact) mass is 1070 g/mol. The van der Waals surface area contributed by atoms with Crippen molar-refractivity contribution in [3.63, 3.8) is 0 Å². The number of hydrogen-bond donors (Lipinski definition) is 5. The topological polar surface area (TPSA) is 300 Å². The zero-order valence-corrected chi connectivity index (χ0v) is 42.0. The standard InChI is InChI=1S/C47H51N11O13S2.Na.H/c1-7-58(22-21-56(38(61)39(58)62)42(66)48-24-33(59)51-37-28(25-72-43-52-53-54-55(43)5)36(40(63)64)57-34(60)23-35(57)73-37)32-20-14-13-19-31(32)50-44(67)70-26-47(41(65)69-6,27-15-9-8-10-16-27)29-17-11-12-18-30(29)49-45(68)71-46(2,3)4;;/h8-20,35,37H,7,21-26H2,1-6H3,(H4-,48,49,50,51,59,63,64,66,67,68);;/p+1/t35-,37-,47?,58?;;/m0../s1. The van der Waals surface area contributed by atoms with Crippen molar-refractivity contribution in [3.05, 3.63) is 101 Å². The van der Waals surface area contributed by atoms with E-state index in [2.05, 4.69) is 36.8 Å². The molecule has 27 heteroatoms. The minimum absolute atomic E-state index is 0. The number of benzene rings is 3. The van der Waals surface area contributed by atoms with Crippen LogP contribution in [0.3, 0.4) is 0 Å². The Bertz CT molecular complexity index is 2900.